The van der Waals surface area contributed by atoms with Gasteiger partial charge >= 0.3 is 0 Å². The Labute approximate surface area is 92.4 Å². The number of thiophene rings is 1. The molecule has 0 aliphatic carbocycles. The number of rotatable bonds is 3. The molecule has 0 bridgehead atoms. The minimum atomic E-state index is 0.00202. The average molecular weight is 217 g/mol. The molecule has 0 amide bonds. The summed E-state index contributed by atoms with van der Waals surface area (Å²) in [6, 6.07) is 13.8. The third-order valence-electron chi connectivity index (χ3n) is 2.12. The van der Waals surface area contributed by atoms with Gasteiger partial charge in [-0.1, -0.05) is 30.3 Å². The van der Waals surface area contributed by atoms with Gasteiger partial charge in [-0.25, -0.2) is 0 Å². The van der Waals surface area contributed by atoms with Crippen LogP contribution in [0.15, 0.2) is 42.5 Å². The molecule has 2 nitrogen and oxygen atoms in total. The summed E-state index contributed by atoms with van der Waals surface area (Å²) in [5, 5.41) is 0. The molecule has 3 heteroatoms. The number of carbonyl (C=O) groups excluding carboxylic acids is 1. The van der Waals surface area contributed by atoms with Gasteiger partial charge in [0.1, 0.15) is 0 Å². The van der Waals surface area contributed by atoms with Crippen LogP contribution < -0.4 is 5.73 Å². The molecule has 1 aromatic carbocycles. The van der Waals surface area contributed by atoms with Crippen LogP contribution in [-0.2, 0) is 0 Å². The highest BCUT2D eigenvalue weighted by molar-refractivity contribution is 7.17. The summed E-state index contributed by atoms with van der Waals surface area (Å²) in [4.78, 5) is 13.2. The fourth-order valence-electron chi connectivity index (χ4n) is 1.35. The fourth-order valence-corrected chi connectivity index (χ4v) is 2.31. The number of Topliss-reactive ketones (excluding diaryl/α,β-unsaturated/α-hetero) is 1. The molecule has 0 fully saturated rings. The molecule has 0 spiro atoms. The standard InChI is InChI=1S/C12H11NOS/c13-8-10(14)12-7-6-11(15-12)9-4-2-1-3-5-9/h1-7H,8,13H2. The van der Waals surface area contributed by atoms with Crippen molar-refractivity contribution in [3.05, 3.63) is 47.3 Å². The summed E-state index contributed by atoms with van der Waals surface area (Å²) < 4.78 is 0. The van der Waals surface area contributed by atoms with Crippen LogP contribution in [0.3, 0.4) is 0 Å². The van der Waals surface area contributed by atoms with E-state index in [1.165, 1.54) is 11.3 Å². The maximum Gasteiger partial charge on any atom is 0.186 e. The third kappa shape index (κ3) is 2.14. The topological polar surface area (TPSA) is 43.1 Å². The second-order valence-electron chi connectivity index (χ2n) is 3.16. The molecule has 0 aliphatic rings. The monoisotopic (exact) mass is 217 g/mol. The van der Waals surface area contributed by atoms with Gasteiger partial charge in [-0.3, -0.25) is 4.79 Å². The Morgan fingerprint density at radius 2 is 1.87 bits per heavy atom. The lowest BCUT2D eigenvalue weighted by molar-refractivity contribution is 0.100. The number of ketones is 1. The van der Waals surface area contributed by atoms with Crippen LogP contribution in [0, 0.1) is 0 Å². The summed E-state index contributed by atoms with van der Waals surface area (Å²) in [5.74, 6) is 0.00202. The van der Waals surface area contributed by atoms with Crippen molar-refractivity contribution in [1.29, 1.82) is 0 Å². The van der Waals surface area contributed by atoms with Crippen molar-refractivity contribution in [2.24, 2.45) is 5.73 Å². The maximum absolute atomic E-state index is 11.3. The van der Waals surface area contributed by atoms with Gasteiger partial charge in [0.05, 0.1) is 11.4 Å². The van der Waals surface area contributed by atoms with E-state index in [1.54, 1.807) is 0 Å². The van der Waals surface area contributed by atoms with E-state index in [-0.39, 0.29) is 12.3 Å². The zero-order valence-corrected chi connectivity index (χ0v) is 8.96. The molecule has 0 radical (unpaired) electrons. The van der Waals surface area contributed by atoms with Crippen LogP contribution >= 0.6 is 11.3 Å². The van der Waals surface area contributed by atoms with Crippen LogP contribution in [0.1, 0.15) is 9.67 Å². The highest BCUT2D eigenvalue weighted by atomic mass is 32.1. The van der Waals surface area contributed by atoms with E-state index in [4.69, 9.17) is 5.73 Å². The van der Waals surface area contributed by atoms with Gasteiger partial charge in [0, 0.05) is 4.88 Å². The van der Waals surface area contributed by atoms with Crippen molar-refractivity contribution in [1.82, 2.24) is 0 Å². The van der Waals surface area contributed by atoms with Gasteiger partial charge in [0.2, 0.25) is 0 Å². The Bertz CT molecular complexity index is 461. The lowest BCUT2D eigenvalue weighted by Crippen LogP contribution is -2.11. The molecule has 0 unspecified atom stereocenters. The predicted molar refractivity (Wildman–Crippen MR) is 63.1 cm³/mol. The zero-order chi connectivity index (χ0) is 10.7. The van der Waals surface area contributed by atoms with Gasteiger partial charge in [-0.05, 0) is 17.7 Å². The molecule has 2 aromatic rings. The molecule has 2 N–H and O–H groups in total. The normalized spacial score (nSPS) is 10.2. The average Bonchev–Trinajstić information content (AvgIpc) is 2.78. The smallest absolute Gasteiger partial charge is 0.186 e. The SMILES string of the molecule is NCC(=O)c1ccc(-c2ccccc2)s1. The van der Waals surface area contributed by atoms with E-state index in [2.05, 4.69) is 0 Å². The number of benzene rings is 1. The maximum atomic E-state index is 11.3. The van der Waals surface area contributed by atoms with Crippen molar-refractivity contribution < 1.29 is 4.79 Å². The highest BCUT2D eigenvalue weighted by Gasteiger charge is 2.07. The zero-order valence-electron chi connectivity index (χ0n) is 8.14. The number of nitrogens with two attached hydrogens (primary N) is 1. The quantitative estimate of drug-likeness (QED) is 0.803. The lowest BCUT2D eigenvalue weighted by atomic mass is 10.2. The molecule has 2 rings (SSSR count). The first-order chi connectivity index (χ1) is 7.31. The van der Waals surface area contributed by atoms with Crippen molar-refractivity contribution in [3.63, 3.8) is 0 Å². The Kier molecular flexibility index (Phi) is 2.94. The molecule has 76 valence electrons. The van der Waals surface area contributed by atoms with Crippen molar-refractivity contribution in [2.75, 3.05) is 6.54 Å². The Hall–Kier alpha value is -1.45. The van der Waals surface area contributed by atoms with Crippen LogP contribution in [0.25, 0.3) is 10.4 Å². The summed E-state index contributed by atoms with van der Waals surface area (Å²) >= 11 is 1.49. The lowest BCUT2D eigenvalue weighted by Gasteiger charge is -1.94. The van der Waals surface area contributed by atoms with E-state index in [0.717, 1.165) is 15.3 Å². The van der Waals surface area contributed by atoms with E-state index in [1.807, 2.05) is 42.5 Å². The largest absolute Gasteiger partial charge is 0.324 e. The molecular formula is C12H11NOS. The molecular weight excluding hydrogens is 206 g/mol. The van der Waals surface area contributed by atoms with Crippen molar-refractivity contribution >= 4 is 17.1 Å². The molecule has 1 heterocycles. The Morgan fingerprint density at radius 1 is 1.13 bits per heavy atom. The fraction of sp³-hybridized carbons (Fsp3) is 0.0833. The molecule has 0 atom stereocenters. The number of hydrogen-bond donors (Lipinski definition) is 1. The van der Waals surface area contributed by atoms with Gasteiger partial charge in [0.25, 0.3) is 0 Å². The summed E-state index contributed by atoms with van der Waals surface area (Å²) in [7, 11) is 0. The summed E-state index contributed by atoms with van der Waals surface area (Å²) in [6.45, 7) is 0.0781. The van der Waals surface area contributed by atoms with Crippen LogP contribution in [0.2, 0.25) is 0 Å². The van der Waals surface area contributed by atoms with Crippen LogP contribution in [-0.4, -0.2) is 12.3 Å². The summed E-state index contributed by atoms with van der Waals surface area (Å²) in [6.07, 6.45) is 0. The third-order valence-corrected chi connectivity index (χ3v) is 3.30. The molecule has 0 saturated heterocycles. The van der Waals surface area contributed by atoms with Gasteiger partial charge in [-0.15, -0.1) is 11.3 Å². The van der Waals surface area contributed by atoms with E-state index >= 15 is 0 Å². The van der Waals surface area contributed by atoms with Crippen LogP contribution in [0.4, 0.5) is 0 Å². The molecule has 15 heavy (non-hydrogen) atoms. The number of carbonyl (C=O) groups is 1. The molecule has 1 aromatic heterocycles. The molecule has 0 saturated carbocycles. The van der Waals surface area contributed by atoms with Crippen molar-refractivity contribution in [3.8, 4) is 10.4 Å². The highest BCUT2D eigenvalue weighted by Crippen LogP contribution is 2.27. The first-order valence-corrected chi connectivity index (χ1v) is 5.51. The Morgan fingerprint density at radius 3 is 2.53 bits per heavy atom. The van der Waals surface area contributed by atoms with Gasteiger partial charge in [-0.2, -0.15) is 0 Å². The van der Waals surface area contributed by atoms with Crippen molar-refractivity contribution in [2.45, 2.75) is 0 Å². The second-order valence-corrected chi connectivity index (χ2v) is 4.24. The first kappa shape index (κ1) is 10.1. The predicted octanol–water partition coefficient (Wildman–Crippen LogP) is 2.56. The molecule has 0 aliphatic heterocycles. The van der Waals surface area contributed by atoms with Gasteiger partial charge < -0.3 is 5.73 Å². The number of hydrogen-bond acceptors (Lipinski definition) is 3. The van der Waals surface area contributed by atoms with Crippen LogP contribution in [0.5, 0.6) is 0 Å². The Balaban J connectivity index is 2.32. The second kappa shape index (κ2) is 4.38. The minimum absolute atomic E-state index is 0.00202. The van der Waals surface area contributed by atoms with Gasteiger partial charge in [0.15, 0.2) is 5.78 Å². The first-order valence-electron chi connectivity index (χ1n) is 4.70. The minimum Gasteiger partial charge on any atom is -0.324 e. The van der Waals surface area contributed by atoms with E-state index in [0.29, 0.717) is 0 Å². The van der Waals surface area contributed by atoms with E-state index in [9.17, 15) is 4.79 Å². The van der Waals surface area contributed by atoms with E-state index < -0.39 is 0 Å². The summed E-state index contributed by atoms with van der Waals surface area (Å²) in [5.41, 5.74) is 6.45.